The van der Waals surface area contributed by atoms with Crippen molar-refractivity contribution in [2.24, 2.45) is 0 Å². The molecular formula is C21H22N4O. The number of rotatable bonds is 5. The number of aromatic nitrogens is 3. The lowest BCUT2D eigenvalue weighted by Gasteiger charge is -2.14. The predicted octanol–water partition coefficient (Wildman–Crippen LogP) is 4.85. The van der Waals surface area contributed by atoms with Crippen LogP contribution in [0.2, 0.25) is 0 Å². The van der Waals surface area contributed by atoms with Crippen molar-refractivity contribution >= 4 is 18.0 Å². The minimum Gasteiger partial charge on any atom is -0.451 e. The Morgan fingerprint density at radius 3 is 2.46 bits per heavy atom. The fourth-order valence-corrected chi connectivity index (χ4v) is 2.50. The zero-order valence-electron chi connectivity index (χ0n) is 15.2. The molecule has 0 fully saturated rings. The molecular weight excluding hydrogens is 324 g/mol. The third-order valence-electron chi connectivity index (χ3n) is 3.91. The summed E-state index contributed by atoms with van der Waals surface area (Å²) in [6.45, 7) is 5.98. The number of aryl methyl sites for hydroxylation is 1. The van der Waals surface area contributed by atoms with Gasteiger partial charge in [-0.1, -0.05) is 50.3 Å². The number of ether oxygens (including phenoxy) is 1. The lowest BCUT2D eigenvalue weighted by Crippen LogP contribution is -2.02. The Kier molecular flexibility index (Phi) is 5.27. The molecule has 5 nitrogen and oxygen atoms in total. The lowest BCUT2D eigenvalue weighted by atomic mass is 10.0. The SMILES string of the molecule is Cc1ncc(Oc2cc(/C=C/c3ccccc3)ncc2C(C)C)c(N)n1. The van der Waals surface area contributed by atoms with Crippen molar-refractivity contribution in [1.29, 1.82) is 0 Å². The van der Waals surface area contributed by atoms with Crippen LogP contribution in [0.4, 0.5) is 5.82 Å². The molecule has 0 saturated heterocycles. The van der Waals surface area contributed by atoms with E-state index in [4.69, 9.17) is 10.5 Å². The van der Waals surface area contributed by atoms with E-state index in [1.807, 2.05) is 54.7 Å². The molecule has 0 aliphatic carbocycles. The molecule has 26 heavy (non-hydrogen) atoms. The Bertz CT molecular complexity index is 921. The summed E-state index contributed by atoms with van der Waals surface area (Å²) in [5.41, 5.74) is 8.88. The van der Waals surface area contributed by atoms with Gasteiger partial charge in [-0.05, 0) is 24.5 Å². The summed E-state index contributed by atoms with van der Waals surface area (Å²) in [6, 6.07) is 12.0. The highest BCUT2D eigenvalue weighted by Gasteiger charge is 2.13. The number of nitrogens with two attached hydrogens (primary N) is 1. The molecule has 0 unspecified atom stereocenters. The minimum atomic E-state index is 0.261. The molecule has 2 heterocycles. The third-order valence-corrected chi connectivity index (χ3v) is 3.91. The van der Waals surface area contributed by atoms with Crippen LogP contribution in [0.5, 0.6) is 11.5 Å². The summed E-state index contributed by atoms with van der Waals surface area (Å²) >= 11 is 0. The fourth-order valence-electron chi connectivity index (χ4n) is 2.50. The van der Waals surface area contributed by atoms with Gasteiger partial charge in [-0.3, -0.25) is 4.98 Å². The Morgan fingerprint density at radius 1 is 1.00 bits per heavy atom. The Hall–Kier alpha value is -3.21. The molecule has 0 aliphatic heterocycles. The van der Waals surface area contributed by atoms with E-state index >= 15 is 0 Å². The van der Waals surface area contributed by atoms with E-state index in [2.05, 4.69) is 28.8 Å². The van der Waals surface area contributed by atoms with E-state index in [1.165, 1.54) is 0 Å². The van der Waals surface area contributed by atoms with Gasteiger partial charge in [0, 0.05) is 17.8 Å². The van der Waals surface area contributed by atoms with Crippen LogP contribution in [-0.4, -0.2) is 15.0 Å². The van der Waals surface area contributed by atoms with Gasteiger partial charge in [0.05, 0.1) is 11.9 Å². The molecule has 0 radical (unpaired) electrons. The van der Waals surface area contributed by atoms with Gasteiger partial charge in [0.2, 0.25) is 0 Å². The molecule has 0 amide bonds. The monoisotopic (exact) mass is 346 g/mol. The second-order valence-electron chi connectivity index (χ2n) is 6.31. The summed E-state index contributed by atoms with van der Waals surface area (Å²) < 4.78 is 6.03. The van der Waals surface area contributed by atoms with Gasteiger partial charge in [0.15, 0.2) is 11.6 Å². The van der Waals surface area contributed by atoms with Gasteiger partial charge in [0.1, 0.15) is 11.6 Å². The number of benzene rings is 1. The molecule has 0 saturated carbocycles. The average molecular weight is 346 g/mol. The van der Waals surface area contributed by atoms with Crippen molar-refractivity contribution in [3.05, 3.63) is 71.4 Å². The summed E-state index contributed by atoms with van der Waals surface area (Å²) in [7, 11) is 0. The van der Waals surface area contributed by atoms with Gasteiger partial charge in [0.25, 0.3) is 0 Å². The molecule has 2 aromatic heterocycles. The minimum absolute atomic E-state index is 0.261. The van der Waals surface area contributed by atoms with Crippen molar-refractivity contribution < 1.29 is 4.74 Å². The maximum Gasteiger partial charge on any atom is 0.187 e. The van der Waals surface area contributed by atoms with Gasteiger partial charge in [-0.2, -0.15) is 0 Å². The second-order valence-corrected chi connectivity index (χ2v) is 6.31. The molecule has 2 N–H and O–H groups in total. The molecule has 0 bridgehead atoms. The fraction of sp³-hybridized carbons (Fsp3) is 0.190. The summed E-state index contributed by atoms with van der Waals surface area (Å²) in [4.78, 5) is 12.8. The van der Waals surface area contributed by atoms with E-state index in [1.54, 1.807) is 13.1 Å². The molecule has 132 valence electrons. The van der Waals surface area contributed by atoms with Crippen molar-refractivity contribution in [2.45, 2.75) is 26.7 Å². The van der Waals surface area contributed by atoms with Crippen LogP contribution in [-0.2, 0) is 0 Å². The van der Waals surface area contributed by atoms with Gasteiger partial charge in [-0.15, -0.1) is 0 Å². The average Bonchev–Trinajstić information content (AvgIpc) is 2.63. The smallest absolute Gasteiger partial charge is 0.187 e. The van der Waals surface area contributed by atoms with Crippen LogP contribution in [0.15, 0.2) is 48.8 Å². The van der Waals surface area contributed by atoms with E-state index in [9.17, 15) is 0 Å². The topological polar surface area (TPSA) is 73.9 Å². The lowest BCUT2D eigenvalue weighted by molar-refractivity contribution is 0.469. The van der Waals surface area contributed by atoms with Crippen molar-refractivity contribution in [1.82, 2.24) is 15.0 Å². The highest BCUT2D eigenvalue weighted by atomic mass is 16.5. The Balaban J connectivity index is 1.92. The molecule has 0 aliphatic rings. The second kappa shape index (κ2) is 7.78. The number of nitrogens with zero attached hydrogens (tertiary/aromatic N) is 3. The molecule has 0 atom stereocenters. The van der Waals surface area contributed by atoms with E-state index in [0.29, 0.717) is 23.1 Å². The maximum atomic E-state index is 6.03. The van der Waals surface area contributed by atoms with E-state index in [-0.39, 0.29) is 5.92 Å². The Morgan fingerprint density at radius 2 is 1.77 bits per heavy atom. The molecule has 3 rings (SSSR count). The molecule has 3 aromatic rings. The first kappa shape index (κ1) is 17.6. The van der Waals surface area contributed by atoms with Crippen LogP contribution in [0.25, 0.3) is 12.2 Å². The number of hydrogen-bond donors (Lipinski definition) is 1. The van der Waals surface area contributed by atoms with Gasteiger partial charge >= 0.3 is 0 Å². The zero-order chi connectivity index (χ0) is 18.5. The predicted molar refractivity (Wildman–Crippen MR) is 105 cm³/mol. The third kappa shape index (κ3) is 4.25. The first-order chi connectivity index (χ1) is 12.5. The summed E-state index contributed by atoms with van der Waals surface area (Å²) in [6.07, 6.45) is 7.42. The van der Waals surface area contributed by atoms with Crippen LogP contribution in [0.3, 0.4) is 0 Å². The first-order valence-electron chi connectivity index (χ1n) is 8.53. The Labute approximate surface area is 153 Å². The van der Waals surface area contributed by atoms with Crippen LogP contribution in [0, 0.1) is 6.92 Å². The standard InChI is InChI=1S/C21H22N4O/c1-14(2)18-12-24-17(10-9-16-7-5-4-6-8-16)11-19(18)26-20-13-23-15(3)25-21(20)22/h4-14H,1-3H3,(H2,22,23,25)/b10-9+. The van der Waals surface area contributed by atoms with Crippen molar-refractivity contribution in [3.8, 4) is 11.5 Å². The largest absolute Gasteiger partial charge is 0.451 e. The molecule has 0 spiro atoms. The normalized spacial score (nSPS) is 11.2. The van der Waals surface area contributed by atoms with E-state index < -0.39 is 0 Å². The van der Waals surface area contributed by atoms with Gasteiger partial charge in [-0.25, -0.2) is 9.97 Å². The number of pyridine rings is 1. The quantitative estimate of drug-likeness (QED) is 0.715. The highest BCUT2D eigenvalue weighted by molar-refractivity contribution is 5.68. The maximum absolute atomic E-state index is 6.03. The van der Waals surface area contributed by atoms with Crippen LogP contribution in [0.1, 0.15) is 42.4 Å². The highest BCUT2D eigenvalue weighted by Crippen LogP contribution is 2.32. The first-order valence-corrected chi connectivity index (χ1v) is 8.53. The van der Waals surface area contributed by atoms with Crippen LogP contribution < -0.4 is 10.5 Å². The molecule has 5 heteroatoms. The van der Waals surface area contributed by atoms with E-state index in [0.717, 1.165) is 16.8 Å². The summed E-state index contributed by atoms with van der Waals surface area (Å²) in [5, 5.41) is 0. The number of hydrogen-bond acceptors (Lipinski definition) is 5. The van der Waals surface area contributed by atoms with Crippen molar-refractivity contribution in [2.75, 3.05) is 5.73 Å². The van der Waals surface area contributed by atoms with Crippen molar-refractivity contribution in [3.63, 3.8) is 0 Å². The number of anilines is 1. The zero-order valence-corrected chi connectivity index (χ0v) is 15.2. The summed E-state index contributed by atoms with van der Waals surface area (Å²) in [5.74, 6) is 2.35. The van der Waals surface area contributed by atoms with Crippen LogP contribution >= 0.6 is 0 Å². The number of nitrogen functional groups attached to an aromatic ring is 1. The molecule has 1 aromatic carbocycles. The van der Waals surface area contributed by atoms with Gasteiger partial charge < -0.3 is 10.5 Å².